The van der Waals surface area contributed by atoms with E-state index in [1.54, 1.807) is 0 Å². The third-order valence-corrected chi connectivity index (χ3v) is 1.67. The smallest absolute Gasteiger partial charge is 0.254 e. The lowest BCUT2D eigenvalue weighted by atomic mass is 10.1. The van der Waals surface area contributed by atoms with Crippen LogP contribution in [0, 0.1) is 5.92 Å². The molecule has 4 heteroatoms. The van der Waals surface area contributed by atoms with Gasteiger partial charge in [0.25, 0.3) is 5.91 Å². The number of nitrogens with zero attached hydrogens (tertiary/aromatic N) is 1. The summed E-state index contributed by atoms with van der Waals surface area (Å²) in [7, 11) is 0. The first-order valence-corrected chi connectivity index (χ1v) is 4.10. The number of carbonyl (C=O) groups excluding carboxylic acids is 2. The second-order valence-corrected chi connectivity index (χ2v) is 2.82. The van der Waals surface area contributed by atoms with Gasteiger partial charge in [-0.15, -0.1) is 0 Å². The summed E-state index contributed by atoms with van der Waals surface area (Å²) in [5.74, 6) is -0.953. The molecular weight excluding hydrogens is 158 g/mol. The summed E-state index contributed by atoms with van der Waals surface area (Å²) in [6.45, 7) is 2.96. The molecule has 2 amide bonds. The van der Waals surface area contributed by atoms with Gasteiger partial charge in [-0.25, -0.2) is 0 Å². The fourth-order valence-corrected chi connectivity index (χ4v) is 1.06. The van der Waals surface area contributed by atoms with E-state index in [0.29, 0.717) is 13.2 Å². The zero-order valence-electron chi connectivity index (χ0n) is 7.08. The molecule has 1 aliphatic heterocycles. The lowest BCUT2D eigenvalue weighted by Gasteiger charge is -2.04. The van der Waals surface area contributed by atoms with Crippen LogP contribution in [0.3, 0.4) is 0 Å². The van der Waals surface area contributed by atoms with Gasteiger partial charge in [0, 0.05) is 13.0 Å². The summed E-state index contributed by atoms with van der Waals surface area (Å²) >= 11 is 0. The summed E-state index contributed by atoms with van der Waals surface area (Å²) in [6.07, 6.45) is 1.15. The minimum atomic E-state index is -0.323. The second kappa shape index (κ2) is 4.21. The van der Waals surface area contributed by atoms with E-state index in [0.717, 1.165) is 6.42 Å². The maximum absolute atomic E-state index is 10.9. The van der Waals surface area contributed by atoms with Gasteiger partial charge < -0.3 is 4.74 Å². The first-order chi connectivity index (χ1) is 5.74. The Balaban J connectivity index is 2.24. The van der Waals surface area contributed by atoms with Gasteiger partial charge in [0.1, 0.15) is 0 Å². The second-order valence-electron chi connectivity index (χ2n) is 2.82. The van der Waals surface area contributed by atoms with Crippen molar-refractivity contribution in [2.75, 3.05) is 13.2 Å². The summed E-state index contributed by atoms with van der Waals surface area (Å²) in [5.41, 5.74) is 0. The van der Waals surface area contributed by atoms with Crippen LogP contribution in [0.15, 0.2) is 0 Å². The highest BCUT2D eigenvalue weighted by Crippen LogP contribution is 2.12. The molecule has 12 heavy (non-hydrogen) atoms. The van der Waals surface area contributed by atoms with Crippen molar-refractivity contribution in [3.8, 4) is 0 Å². The quantitative estimate of drug-likeness (QED) is 0.444. The molecule has 0 aliphatic carbocycles. The van der Waals surface area contributed by atoms with Crippen molar-refractivity contribution >= 4 is 11.8 Å². The van der Waals surface area contributed by atoms with Gasteiger partial charge in [-0.2, -0.15) is 5.32 Å². The van der Waals surface area contributed by atoms with E-state index in [1.807, 2.05) is 6.92 Å². The van der Waals surface area contributed by atoms with E-state index in [4.69, 9.17) is 4.74 Å². The van der Waals surface area contributed by atoms with Crippen molar-refractivity contribution in [3.05, 3.63) is 0 Å². The predicted molar refractivity (Wildman–Crippen MR) is 41.4 cm³/mol. The molecule has 0 aromatic rings. The number of hydrogen-bond donors (Lipinski definition) is 0. The molecule has 0 aromatic carbocycles. The highest BCUT2D eigenvalue weighted by molar-refractivity contribution is 6.03. The molecule has 1 aliphatic rings. The van der Waals surface area contributed by atoms with Gasteiger partial charge in [-0.05, 0) is 6.42 Å². The molecule has 0 N–H and O–H groups in total. The first-order valence-electron chi connectivity index (χ1n) is 4.10. The molecular formula is C8H12NO3. The Morgan fingerprint density at radius 1 is 1.58 bits per heavy atom. The lowest BCUT2D eigenvalue weighted by Crippen LogP contribution is -2.18. The zero-order chi connectivity index (χ0) is 8.97. The molecule has 0 aromatic heterocycles. The van der Waals surface area contributed by atoms with Crippen molar-refractivity contribution in [2.24, 2.45) is 5.92 Å². The number of amides is 2. The molecule has 4 nitrogen and oxygen atoms in total. The first kappa shape index (κ1) is 9.19. The number of hydrogen-bond acceptors (Lipinski definition) is 3. The summed E-state index contributed by atoms with van der Waals surface area (Å²) in [5, 5.41) is 3.29. The zero-order valence-corrected chi connectivity index (χ0v) is 7.08. The minimum Gasteiger partial charge on any atom is -0.381 e. The van der Waals surface area contributed by atoms with Crippen LogP contribution < -0.4 is 5.32 Å². The van der Waals surface area contributed by atoms with Crippen LogP contribution in [-0.2, 0) is 14.3 Å². The number of carbonyl (C=O) groups is 2. The Hall–Kier alpha value is -0.900. The minimum absolute atomic E-state index is 0.225. The average molecular weight is 170 g/mol. The highest BCUT2D eigenvalue weighted by atomic mass is 16.5. The van der Waals surface area contributed by atoms with E-state index in [1.165, 1.54) is 0 Å². The molecule has 0 saturated carbocycles. The Morgan fingerprint density at radius 3 is 2.83 bits per heavy atom. The molecule has 1 fully saturated rings. The van der Waals surface area contributed by atoms with Crippen LogP contribution in [0.4, 0.5) is 0 Å². The SMILES string of the molecule is CCCOCC1CC(=O)[N]C1=O. The van der Waals surface area contributed by atoms with Crippen LogP contribution in [-0.4, -0.2) is 25.0 Å². The molecule has 0 spiro atoms. The van der Waals surface area contributed by atoms with Crippen molar-refractivity contribution in [3.63, 3.8) is 0 Å². The largest absolute Gasteiger partial charge is 0.381 e. The van der Waals surface area contributed by atoms with E-state index in [2.05, 4.69) is 5.32 Å². The summed E-state index contributed by atoms with van der Waals surface area (Å²) in [4.78, 5) is 21.6. The normalized spacial score (nSPS) is 22.9. The molecule has 1 radical (unpaired) electrons. The van der Waals surface area contributed by atoms with Crippen molar-refractivity contribution in [1.29, 1.82) is 0 Å². The topological polar surface area (TPSA) is 57.5 Å². The van der Waals surface area contributed by atoms with Gasteiger partial charge in [0.05, 0.1) is 12.5 Å². The van der Waals surface area contributed by atoms with Crippen molar-refractivity contribution < 1.29 is 14.3 Å². The molecule has 0 bridgehead atoms. The van der Waals surface area contributed by atoms with Gasteiger partial charge in [0.2, 0.25) is 5.91 Å². The Kier molecular flexibility index (Phi) is 3.22. The Labute approximate surface area is 71.3 Å². The third-order valence-electron chi connectivity index (χ3n) is 1.67. The third kappa shape index (κ3) is 2.30. The Morgan fingerprint density at radius 2 is 2.33 bits per heavy atom. The molecule has 67 valence electrons. The maximum atomic E-state index is 10.9. The standard InChI is InChI=1S/C8H12NO3/c1-2-3-12-5-6-4-7(10)9-8(6)11/h6H,2-5H2,1H3. The van der Waals surface area contributed by atoms with Gasteiger partial charge >= 0.3 is 0 Å². The number of rotatable bonds is 4. The van der Waals surface area contributed by atoms with E-state index in [-0.39, 0.29) is 24.2 Å². The molecule has 1 heterocycles. The monoisotopic (exact) mass is 170 g/mol. The molecule has 1 saturated heterocycles. The van der Waals surface area contributed by atoms with Crippen LogP contribution in [0.25, 0.3) is 0 Å². The van der Waals surface area contributed by atoms with Crippen LogP contribution in [0.1, 0.15) is 19.8 Å². The molecule has 1 atom stereocenters. The van der Waals surface area contributed by atoms with Crippen molar-refractivity contribution in [1.82, 2.24) is 5.32 Å². The van der Waals surface area contributed by atoms with Crippen LogP contribution in [0.2, 0.25) is 0 Å². The Bertz CT molecular complexity index is 191. The average Bonchev–Trinajstić information content (AvgIpc) is 2.31. The van der Waals surface area contributed by atoms with Crippen LogP contribution >= 0.6 is 0 Å². The van der Waals surface area contributed by atoms with E-state index < -0.39 is 0 Å². The predicted octanol–water partition coefficient (Wildman–Crippen LogP) is 0.0905. The van der Waals surface area contributed by atoms with Crippen LogP contribution in [0.5, 0.6) is 0 Å². The summed E-state index contributed by atoms with van der Waals surface area (Å²) < 4.78 is 5.15. The fourth-order valence-electron chi connectivity index (χ4n) is 1.06. The number of ether oxygens (including phenoxy) is 1. The van der Waals surface area contributed by atoms with E-state index in [9.17, 15) is 9.59 Å². The molecule has 1 rings (SSSR count). The van der Waals surface area contributed by atoms with Gasteiger partial charge in [0.15, 0.2) is 0 Å². The maximum Gasteiger partial charge on any atom is 0.254 e. The van der Waals surface area contributed by atoms with Crippen molar-refractivity contribution in [2.45, 2.75) is 19.8 Å². The van der Waals surface area contributed by atoms with Gasteiger partial charge in [-0.1, -0.05) is 6.92 Å². The lowest BCUT2D eigenvalue weighted by molar-refractivity contribution is -0.126. The van der Waals surface area contributed by atoms with Gasteiger partial charge in [-0.3, -0.25) is 9.59 Å². The number of imide groups is 1. The van der Waals surface area contributed by atoms with E-state index >= 15 is 0 Å². The highest BCUT2D eigenvalue weighted by Gasteiger charge is 2.32. The summed E-state index contributed by atoms with van der Waals surface area (Å²) in [6, 6.07) is 0. The molecule has 1 unspecified atom stereocenters. The fraction of sp³-hybridized carbons (Fsp3) is 0.750.